The normalized spacial score (nSPS) is 14.4. The van der Waals surface area contributed by atoms with Gasteiger partial charge < -0.3 is 19.1 Å². The molecule has 4 rings (SSSR count). The molecule has 1 aliphatic heterocycles. The van der Waals surface area contributed by atoms with Crippen LogP contribution in [0.15, 0.2) is 42.6 Å². The van der Waals surface area contributed by atoms with E-state index in [0.29, 0.717) is 13.1 Å². The Kier molecular flexibility index (Phi) is 7.45. The summed E-state index contributed by atoms with van der Waals surface area (Å²) < 4.78 is 7.55. The number of fused-ring (bicyclic) bond motifs is 1. The molecule has 2 aromatic heterocycles. The molecule has 0 N–H and O–H groups in total. The third kappa shape index (κ3) is 5.38. The molecular weight excluding hydrogens is 430 g/mol. The molecule has 0 spiro atoms. The number of rotatable bonds is 8. The van der Waals surface area contributed by atoms with Gasteiger partial charge in [-0.05, 0) is 49.1 Å². The fourth-order valence-electron chi connectivity index (χ4n) is 4.55. The van der Waals surface area contributed by atoms with Crippen LogP contribution in [0, 0.1) is 0 Å². The van der Waals surface area contributed by atoms with Gasteiger partial charge in [-0.2, -0.15) is 0 Å². The van der Waals surface area contributed by atoms with Gasteiger partial charge in [0.15, 0.2) is 5.65 Å². The number of hydrogen-bond acceptors (Lipinski definition) is 5. The number of methoxy groups -OCH3 is 1. The lowest BCUT2D eigenvalue weighted by Crippen LogP contribution is -2.39. The van der Waals surface area contributed by atoms with Gasteiger partial charge in [-0.3, -0.25) is 9.59 Å². The zero-order valence-electron chi connectivity index (χ0n) is 20.2. The van der Waals surface area contributed by atoms with E-state index in [9.17, 15) is 9.59 Å². The number of ether oxygens (including phenoxy) is 1. The Hall–Kier alpha value is -3.42. The number of pyridine rings is 1. The van der Waals surface area contributed by atoms with E-state index in [4.69, 9.17) is 9.72 Å². The first-order chi connectivity index (χ1) is 16.5. The van der Waals surface area contributed by atoms with Crippen molar-refractivity contribution in [2.75, 3.05) is 34.3 Å². The van der Waals surface area contributed by atoms with Crippen LogP contribution in [0.5, 0.6) is 5.75 Å². The predicted molar refractivity (Wildman–Crippen MR) is 131 cm³/mol. The van der Waals surface area contributed by atoms with Gasteiger partial charge in [0.1, 0.15) is 17.1 Å². The van der Waals surface area contributed by atoms with Gasteiger partial charge in [-0.15, -0.1) is 0 Å². The monoisotopic (exact) mass is 463 g/mol. The molecule has 0 radical (unpaired) electrons. The lowest BCUT2D eigenvalue weighted by atomic mass is 10.0. The van der Waals surface area contributed by atoms with E-state index in [-0.39, 0.29) is 30.7 Å². The minimum atomic E-state index is -0.0132. The summed E-state index contributed by atoms with van der Waals surface area (Å²) in [4.78, 5) is 37.4. The third-order valence-electron chi connectivity index (χ3n) is 6.55. The second-order valence-electron chi connectivity index (χ2n) is 8.99. The summed E-state index contributed by atoms with van der Waals surface area (Å²) in [5.41, 5.74) is 3.06. The van der Waals surface area contributed by atoms with Gasteiger partial charge >= 0.3 is 0 Å². The van der Waals surface area contributed by atoms with Crippen LogP contribution in [-0.4, -0.2) is 70.4 Å². The Bertz CT molecular complexity index is 1130. The molecule has 3 aromatic rings. The van der Waals surface area contributed by atoms with Gasteiger partial charge in [0, 0.05) is 58.7 Å². The maximum atomic E-state index is 12.6. The Morgan fingerprint density at radius 3 is 2.47 bits per heavy atom. The first-order valence-electron chi connectivity index (χ1n) is 11.9. The highest BCUT2D eigenvalue weighted by molar-refractivity contribution is 5.83. The minimum absolute atomic E-state index is 0.0132. The first-order valence-corrected chi connectivity index (χ1v) is 11.9. The smallest absolute Gasteiger partial charge is 0.223 e. The van der Waals surface area contributed by atoms with E-state index in [1.54, 1.807) is 21.2 Å². The Balaban J connectivity index is 1.44. The number of aromatic nitrogens is 3. The molecule has 3 heterocycles. The topological polar surface area (TPSA) is 80.6 Å². The van der Waals surface area contributed by atoms with E-state index in [0.717, 1.165) is 48.4 Å². The third-order valence-corrected chi connectivity index (χ3v) is 6.55. The quantitative estimate of drug-likeness (QED) is 0.512. The lowest BCUT2D eigenvalue weighted by molar-refractivity contribution is -0.136. The van der Waals surface area contributed by atoms with Gasteiger partial charge in [-0.1, -0.05) is 12.1 Å². The van der Waals surface area contributed by atoms with Crippen LogP contribution in [-0.2, 0) is 22.4 Å². The number of carbonyl (C=O) groups excluding carboxylic acids is 2. The summed E-state index contributed by atoms with van der Waals surface area (Å²) in [6.07, 6.45) is 5.74. The van der Waals surface area contributed by atoms with E-state index < -0.39 is 0 Å². The minimum Gasteiger partial charge on any atom is -0.497 e. The summed E-state index contributed by atoms with van der Waals surface area (Å²) >= 11 is 0. The number of amides is 2. The van der Waals surface area contributed by atoms with Crippen LogP contribution >= 0.6 is 0 Å². The predicted octanol–water partition coefficient (Wildman–Crippen LogP) is 3.26. The lowest BCUT2D eigenvalue weighted by Gasteiger charge is -2.33. The van der Waals surface area contributed by atoms with Crippen molar-refractivity contribution >= 4 is 23.0 Å². The number of carbonyl (C=O) groups is 2. The molecule has 0 saturated carbocycles. The number of nitrogens with zero attached hydrogens (tertiary/aromatic N) is 5. The second-order valence-corrected chi connectivity index (χ2v) is 8.99. The summed E-state index contributed by atoms with van der Waals surface area (Å²) in [6, 6.07) is 12.3. The molecule has 1 aromatic carbocycles. The van der Waals surface area contributed by atoms with Crippen LogP contribution < -0.4 is 4.74 Å². The van der Waals surface area contributed by atoms with Crippen molar-refractivity contribution in [1.82, 2.24) is 24.3 Å². The maximum Gasteiger partial charge on any atom is 0.223 e. The number of aryl methyl sites for hydroxylation is 2. The average molecular weight is 464 g/mol. The molecule has 0 aliphatic carbocycles. The van der Waals surface area contributed by atoms with E-state index in [2.05, 4.69) is 21.7 Å². The van der Waals surface area contributed by atoms with Crippen LogP contribution in [0.2, 0.25) is 0 Å². The highest BCUT2D eigenvalue weighted by Gasteiger charge is 2.27. The average Bonchev–Trinajstić information content (AvgIpc) is 3.24. The fraction of sp³-hybridized carbons (Fsp3) is 0.462. The van der Waals surface area contributed by atoms with Crippen LogP contribution in [0.1, 0.15) is 43.1 Å². The Labute approximate surface area is 200 Å². The summed E-state index contributed by atoms with van der Waals surface area (Å²) in [6.45, 7) is 1.37. The first kappa shape index (κ1) is 23.7. The van der Waals surface area contributed by atoms with Crippen LogP contribution in [0.3, 0.4) is 0 Å². The molecule has 2 amide bonds. The number of imidazole rings is 1. The zero-order valence-corrected chi connectivity index (χ0v) is 20.2. The zero-order chi connectivity index (χ0) is 24.1. The molecule has 180 valence electrons. The molecular formula is C26H33N5O3. The van der Waals surface area contributed by atoms with Crippen molar-refractivity contribution in [3.8, 4) is 5.75 Å². The summed E-state index contributed by atoms with van der Waals surface area (Å²) in [5, 5.41) is 0. The van der Waals surface area contributed by atoms with Crippen molar-refractivity contribution in [3.63, 3.8) is 0 Å². The molecule has 0 bridgehead atoms. The van der Waals surface area contributed by atoms with Crippen molar-refractivity contribution in [3.05, 3.63) is 54.0 Å². The van der Waals surface area contributed by atoms with Gasteiger partial charge in [-0.25, -0.2) is 9.97 Å². The molecule has 0 unspecified atom stereocenters. The van der Waals surface area contributed by atoms with Gasteiger partial charge in [0.2, 0.25) is 11.8 Å². The van der Waals surface area contributed by atoms with E-state index >= 15 is 0 Å². The van der Waals surface area contributed by atoms with Crippen molar-refractivity contribution in [1.29, 1.82) is 0 Å². The number of likely N-dealkylation sites (tertiary alicyclic amines) is 1. The number of piperidine rings is 1. The SMILES string of the molecule is COc1ccc(CCc2nc3cccnc3n2C2CCN(C(=O)CCC(=O)N(C)C)CC2)cc1. The highest BCUT2D eigenvalue weighted by Crippen LogP contribution is 2.29. The summed E-state index contributed by atoms with van der Waals surface area (Å²) in [5.74, 6) is 1.93. The second kappa shape index (κ2) is 10.7. The van der Waals surface area contributed by atoms with Crippen LogP contribution in [0.4, 0.5) is 0 Å². The van der Waals surface area contributed by atoms with Crippen LogP contribution in [0.25, 0.3) is 11.2 Å². The van der Waals surface area contributed by atoms with Crippen molar-refractivity contribution in [2.24, 2.45) is 0 Å². The van der Waals surface area contributed by atoms with Crippen molar-refractivity contribution < 1.29 is 14.3 Å². The number of benzene rings is 1. The van der Waals surface area contributed by atoms with Gasteiger partial charge in [0.05, 0.1) is 7.11 Å². The number of hydrogen-bond donors (Lipinski definition) is 0. The molecule has 1 saturated heterocycles. The van der Waals surface area contributed by atoms with Gasteiger partial charge in [0.25, 0.3) is 0 Å². The molecule has 1 aliphatic rings. The molecule has 1 fully saturated rings. The van der Waals surface area contributed by atoms with E-state index in [1.165, 1.54) is 10.5 Å². The van der Waals surface area contributed by atoms with E-state index in [1.807, 2.05) is 35.4 Å². The highest BCUT2D eigenvalue weighted by atomic mass is 16.5. The molecule has 34 heavy (non-hydrogen) atoms. The summed E-state index contributed by atoms with van der Waals surface area (Å²) in [7, 11) is 5.11. The maximum absolute atomic E-state index is 12.6. The fourth-order valence-corrected chi connectivity index (χ4v) is 4.55. The molecule has 8 heteroatoms. The molecule has 8 nitrogen and oxygen atoms in total. The standard InChI is InChI=1S/C26H33N5O3/c1-29(2)24(32)12-13-25(33)30-17-14-20(15-18-30)31-23(28-22-5-4-16-27-26(22)31)11-8-19-6-9-21(34-3)10-7-19/h4-7,9-10,16,20H,8,11-15,17-18H2,1-3H3. The molecule has 0 atom stereocenters. The Morgan fingerprint density at radius 1 is 1.06 bits per heavy atom. The van der Waals surface area contributed by atoms with Crippen molar-refractivity contribution in [2.45, 2.75) is 44.6 Å². The largest absolute Gasteiger partial charge is 0.497 e. The Morgan fingerprint density at radius 2 is 1.79 bits per heavy atom.